The fraction of sp³-hybridized carbons (Fsp3) is 1.00. The van der Waals surface area contributed by atoms with Crippen molar-refractivity contribution in [1.82, 2.24) is 0 Å². The van der Waals surface area contributed by atoms with Gasteiger partial charge in [0.05, 0.1) is 0 Å². The van der Waals surface area contributed by atoms with Crippen molar-refractivity contribution >= 4 is 0 Å². The molecule has 0 amide bonds. The summed E-state index contributed by atoms with van der Waals surface area (Å²) in [7, 11) is 0. The molecule has 1 nitrogen and oxygen atoms in total. The second-order valence-corrected chi connectivity index (χ2v) is 6.05. The van der Waals surface area contributed by atoms with Crippen LogP contribution in [0.4, 0.5) is 0 Å². The summed E-state index contributed by atoms with van der Waals surface area (Å²) in [5.41, 5.74) is 5.88. The number of hydrogen-bond donors (Lipinski definition) is 1. The van der Waals surface area contributed by atoms with Gasteiger partial charge in [-0.15, -0.1) is 0 Å². The van der Waals surface area contributed by atoms with Gasteiger partial charge in [0.15, 0.2) is 0 Å². The van der Waals surface area contributed by atoms with Crippen molar-refractivity contribution in [1.29, 1.82) is 0 Å². The van der Waals surface area contributed by atoms with E-state index in [9.17, 15) is 0 Å². The number of rotatable bonds is 6. The summed E-state index contributed by atoms with van der Waals surface area (Å²) in [6, 6.07) is 0. The predicted molar refractivity (Wildman–Crippen MR) is 83.8 cm³/mol. The molecule has 1 heteroatoms. The van der Waals surface area contributed by atoms with E-state index >= 15 is 0 Å². The van der Waals surface area contributed by atoms with Crippen LogP contribution in [0.25, 0.3) is 0 Å². The Labute approximate surface area is 116 Å². The van der Waals surface area contributed by atoms with E-state index in [2.05, 4.69) is 27.7 Å². The van der Waals surface area contributed by atoms with Crippen LogP contribution >= 0.6 is 0 Å². The summed E-state index contributed by atoms with van der Waals surface area (Å²) in [5.74, 6) is 2.75. The molecule has 0 aromatic heterocycles. The Morgan fingerprint density at radius 3 is 2.00 bits per heavy atom. The van der Waals surface area contributed by atoms with Crippen LogP contribution in [0.3, 0.4) is 0 Å². The maximum absolute atomic E-state index is 5.88. The molecule has 1 aliphatic rings. The molecule has 3 unspecified atom stereocenters. The first-order chi connectivity index (χ1) is 8.73. The van der Waals surface area contributed by atoms with E-state index in [0.29, 0.717) is 0 Å². The van der Waals surface area contributed by atoms with Gasteiger partial charge in [-0.1, -0.05) is 72.6 Å². The van der Waals surface area contributed by atoms with Crippen molar-refractivity contribution in [2.24, 2.45) is 23.5 Å². The quantitative estimate of drug-likeness (QED) is 0.677. The van der Waals surface area contributed by atoms with Gasteiger partial charge in [0.1, 0.15) is 0 Å². The second-order valence-electron chi connectivity index (χ2n) is 6.05. The Balaban J connectivity index is 0.000000873. The Morgan fingerprint density at radius 2 is 1.56 bits per heavy atom. The summed E-state index contributed by atoms with van der Waals surface area (Å²) >= 11 is 0. The molecule has 0 aromatic rings. The van der Waals surface area contributed by atoms with Crippen LogP contribution in [0.1, 0.15) is 85.5 Å². The fourth-order valence-electron chi connectivity index (χ4n) is 3.23. The van der Waals surface area contributed by atoms with Crippen molar-refractivity contribution in [2.45, 2.75) is 85.5 Å². The molecule has 0 heterocycles. The Kier molecular flexibility index (Phi) is 12.0. The zero-order chi connectivity index (χ0) is 13.8. The standard InChI is InChI=1S/C14H29N.C3H8/c1-3-7-12(4-2)10-13-8-5-6-9-14(13)11-15;1-3-2/h12-14H,3-11,15H2,1-2H3;3H2,1-2H3. The van der Waals surface area contributed by atoms with Crippen molar-refractivity contribution in [2.75, 3.05) is 6.54 Å². The lowest BCUT2D eigenvalue weighted by Gasteiger charge is -2.33. The minimum absolute atomic E-state index is 0.838. The maximum Gasteiger partial charge on any atom is -0.00462 e. The van der Waals surface area contributed by atoms with Crippen LogP contribution in [0.2, 0.25) is 0 Å². The second kappa shape index (κ2) is 12.0. The SMILES string of the molecule is CCC.CCCC(CC)CC1CCCCC1CN. The van der Waals surface area contributed by atoms with Crippen LogP contribution in [0.15, 0.2) is 0 Å². The van der Waals surface area contributed by atoms with E-state index < -0.39 is 0 Å². The molecule has 18 heavy (non-hydrogen) atoms. The molecule has 1 aliphatic carbocycles. The van der Waals surface area contributed by atoms with Crippen LogP contribution in [0.5, 0.6) is 0 Å². The third kappa shape index (κ3) is 7.41. The smallest absolute Gasteiger partial charge is 0.00462 e. The molecule has 0 bridgehead atoms. The van der Waals surface area contributed by atoms with Gasteiger partial charge < -0.3 is 5.73 Å². The first kappa shape index (κ1) is 18.0. The highest BCUT2D eigenvalue weighted by Gasteiger charge is 2.25. The fourth-order valence-corrected chi connectivity index (χ4v) is 3.23. The van der Waals surface area contributed by atoms with Gasteiger partial charge in [-0.3, -0.25) is 0 Å². The highest BCUT2D eigenvalue weighted by Crippen LogP contribution is 2.35. The maximum atomic E-state index is 5.88. The van der Waals surface area contributed by atoms with Crippen LogP contribution in [-0.2, 0) is 0 Å². The largest absolute Gasteiger partial charge is 0.330 e. The zero-order valence-electron chi connectivity index (χ0n) is 13.4. The number of hydrogen-bond acceptors (Lipinski definition) is 1. The Hall–Kier alpha value is -0.0400. The summed E-state index contributed by atoms with van der Waals surface area (Å²) in [4.78, 5) is 0. The van der Waals surface area contributed by atoms with Crippen molar-refractivity contribution in [3.8, 4) is 0 Å². The summed E-state index contributed by atoms with van der Waals surface area (Å²) in [6.45, 7) is 9.83. The molecule has 0 spiro atoms. The molecule has 110 valence electrons. The molecule has 0 saturated heterocycles. The molecule has 2 N–H and O–H groups in total. The summed E-state index contributed by atoms with van der Waals surface area (Å²) < 4.78 is 0. The van der Waals surface area contributed by atoms with E-state index in [1.54, 1.807) is 0 Å². The highest BCUT2D eigenvalue weighted by molar-refractivity contribution is 4.78. The third-order valence-electron chi connectivity index (χ3n) is 4.28. The van der Waals surface area contributed by atoms with Crippen LogP contribution < -0.4 is 5.73 Å². The van der Waals surface area contributed by atoms with E-state index in [1.807, 2.05) is 0 Å². The van der Waals surface area contributed by atoms with Gasteiger partial charge in [-0.2, -0.15) is 0 Å². The van der Waals surface area contributed by atoms with Gasteiger partial charge in [-0.25, -0.2) is 0 Å². The van der Waals surface area contributed by atoms with Crippen molar-refractivity contribution in [3.05, 3.63) is 0 Å². The van der Waals surface area contributed by atoms with E-state index in [0.717, 1.165) is 24.3 Å². The molecular formula is C17H37N. The van der Waals surface area contributed by atoms with Gasteiger partial charge in [-0.05, 0) is 37.1 Å². The average molecular weight is 255 g/mol. The zero-order valence-corrected chi connectivity index (χ0v) is 13.4. The lowest BCUT2D eigenvalue weighted by atomic mass is 9.74. The lowest BCUT2D eigenvalue weighted by molar-refractivity contribution is 0.194. The first-order valence-corrected chi connectivity index (χ1v) is 8.43. The summed E-state index contributed by atoms with van der Waals surface area (Å²) in [6.07, 6.45) is 12.5. The molecule has 1 fully saturated rings. The van der Waals surface area contributed by atoms with Gasteiger partial charge in [0.2, 0.25) is 0 Å². The van der Waals surface area contributed by atoms with Crippen LogP contribution in [0, 0.1) is 17.8 Å². The minimum Gasteiger partial charge on any atom is -0.330 e. The number of nitrogens with two attached hydrogens (primary N) is 1. The van der Waals surface area contributed by atoms with Gasteiger partial charge in [0, 0.05) is 0 Å². The molecule has 1 saturated carbocycles. The Morgan fingerprint density at radius 1 is 1.00 bits per heavy atom. The van der Waals surface area contributed by atoms with Gasteiger partial charge in [0.25, 0.3) is 0 Å². The summed E-state index contributed by atoms with van der Waals surface area (Å²) in [5, 5.41) is 0. The highest BCUT2D eigenvalue weighted by atomic mass is 14.6. The topological polar surface area (TPSA) is 26.0 Å². The predicted octanol–water partition coefficient (Wildman–Crippen LogP) is 5.38. The molecular weight excluding hydrogens is 218 g/mol. The molecule has 1 rings (SSSR count). The van der Waals surface area contributed by atoms with Crippen molar-refractivity contribution in [3.63, 3.8) is 0 Å². The van der Waals surface area contributed by atoms with E-state index in [4.69, 9.17) is 5.73 Å². The molecule has 0 aliphatic heterocycles. The van der Waals surface area contributed by atoms with Crippen molar-refractivity contribution < 1.29 is 0 Å². The van der Waals surface area contributed by atoms with Gasteiger partial charge >= 0.3 is 0 Å². The average Bonchev–Trinajstić information content (AvgIpc) is 2.39. The first-order valence-electron chi connectivity index (χ1n) is 8.43. The monoisotopic (exact) mass is 255 g/mol. The van der Waals surface area contributed by atoms with E-state index in [-0.39, 0.29) is 0 Å². The molecule has 0 aromatic carbocycles. The molecule has 3 atom stereocenters. The molecule has 0 radical (unpaired) electrons. The normalized spacial score (nSPS) is 25.2. The third-order valence-corrected chi connectivity index (χ3v) is 4.28. The Bertz CT molecular complexity index is 167. The lowest BCUT2D eigenvalue weighted by Crippen LogP contribution is -2.28. The van der Waals surface area contributed by atoms with E-state index in [1.165, 1.54) is 57.8 Å². The van der Waals surface area contributed by atoms with Crippen LogP contribution in [-0.4, -0.2) is 6.54 Å². The minimum atomic E-state index is 0.838.